The first-order valence-electron chi connectivity index (χ1n) is 5.68. The molecular formula is C13H13NO2. The maximum Gasteiger partial charge on any atom is 0.181 e. The number of ketones is 1. The predicted octanol–water partition coefficient (Wildman–Crippen LogP) is 3.05. The lowest BCUT2D eigenvalue weighted by atomic mass is 9.83. The van der Waals surface area contributed by atoms with Crippen LogP contribution in [0.2, 0.25) is 0 Å². The number of fused-ring (bicyclic) bond motifs is 1. The Morgan fingerprint density at radius 1 is 1.25 bits per heavy atom. The number of hydrogen-bond acceptors (Lipinski definition) is 3. The second-order valence-corrected chi connectivity index (χ2v) is 4.39. The molecule has 1 aliphatic carbocycles. The molecular weight excluding hydrogens is 202 g/mol. The summed E-state index contributed by atoms with van der Waals surface area (Å²) in [7, 11) is 0. The number of Topliss-reactive ketones (excluding diaryl/α,β-unsaturated/α-hetero) is 1. The van der Waals surface area contributed by atoms with E-state index in [0.717, 1.165) is 36.8 Å². The van der Waals surface area contributed by atoms with Gasteiger partial charge in [-0.25, -0.2) is 4.98 Å². The Hall–Kier alpha value is -1.64. The minimum absolute atomic E-state index is 0.400. The lowest BCUT2D eigenvalue weighted by molar-refractivity contribution is -0.120. The molecule has 0 aliphatic heterocycles. The van der Waals surface area contributed by atoms with Crippen molar-refractivity contribution in [2.75, 3.05) is 0 Å². The third-order valence-electron chi connectivity index (χ3n) is 3.37. The Bertz CT molecular complexity index is 519. The maximum absolute atomic E-state index is 11.2. The molecule has 3 heteroatoms. The second-order valence-electron chi connectivity index (χ2n) is 4.39. The summed E-state index contributed by atoms with van der Waals surface area (Å²) >= 11 is 0. The van der Waals surface area contributed by atoms with Gasteiger partial charge >= 0.3 is 0 Å². The first kappa shape index (κ1) is 9.58. The van der Waals surface area contributed by atoms with Gasteiger partial charge in [0.05, 0.1) is 0 Å². The Kier molecular flexibility index (Phi) is 2.24. The van der Waals surface area contributed by atoms with E-state index in [2.05, 4.69) is 17.1 Å². The molecule has 1 heterocycles. The average molecular weight is 215 g/mol. The molecule has 1 aromatic heterocycles. The number of aromatic nitrogens is 1. The summed E-state index contributed by atoms with van der Waals surface area (Å²) in [6.07, 6.45) is 4.86. The molecule has 0 bridgehead atoms. The molecule has 0 atom stereocenters. The summed E-state index contributed by atoms with van der Waals surface area (Å²) in [5.41, 5.74) is 3.02. The van der Waals surface area contributed by atoms with E-state index < -0.39 is 0 Å². The zero-order chi connectivity index (χ0) is 11.0. The minimum Gasteiger partial charge on any atom is -0.443 e. The van der Waals surface area contributed by atoms with Crippen molar-refractivity contribution in [3.63, 3.8) is 0 Å². The van der Waals surface area contributed by atoms with Gasteiger partial charge in [-0.1, -0.05) is 6.07 Å². The monoisotopic (exact) mass is 215 g/mol. The van der Waals surface area contributed by atoms with Crippen molar-refractivity contribution in [2.45, 2.75) is 31.6 Å². The molecule has 0 spiro atoms. The van der Waals surface area contributed by atoms with E-state index in [-0.39, 0.29) is 0 Å². The van der Waals surface area contributed by atoms with E-state index in [1.54, 1.807) is 0 Å². The fourth-order valence-electron chi connectivity index (χ4n) is 2.40. The van der Waals surface area contributed by atoms with Crippen LogP contribution in [0.15, 0.2) is 29.0 Å². The van der Waals surface area contributed by atoms with Gasteiger partial charge in [0.25, 0.3) is 0 Å². The van der Waals surface area contributed by atoms with Crippen molar-refractivity contribution < 1.29 is 9.21 Å². The van der Waals surface area contributed by atoms with Gasteiger partial charge < -0.3 is 4.42 Å². The summed E-state index contributed by atoms with van der Waals surface area (Å²) in [6.45, 7) is 0. The molecule has 0 amide bonds. The van der Waals surface area contributed by atoms with Gasteiger partial charge in [-0.05, 0) is 36.5 Å². The Morgan fingerprint density at radius 3 is 2.88 bits per heavy atom. The largest absolute Gasteiger partial charge is 0.443 e. The van der Waals surface area contributed by atoms with Gasteiger partial charge in [0.2, 0.25) is 0 Å². The third kappa shape index (κ3) is 1.62. The lowest BCUT2D eigenvalue weighted by Gasteiger charge is -2.20. The highest BCUT2D eigenvalue weighted by Gasteiger charge is 2.20. The number of hydrogen-bond donors (Lipinski definition) is 0. The number of carbonyl (C=O) groups is 1. The summed E-state index contributed by atoms with van der Waals surface area (Å²) in [5.74, 6) is 0.907. The molecule has 3 nitrogen and oxygen atoms in total. The summed E-state index contributed by atoms with van der Waals surface area (Å²) in [4.78, 5) is 15.3. The van der Waals surface area contributed by atoms with Crippen molar-refractivity contribution >= 4 is 16.9 Å². The van der Waals surface area contributed by atoms with E-state index in [4.69, 9.17) is 4.42 Å². The molecule has 1 aromatic carbocycles. The van der Waals surface area contributed by atoms with E-state index in [9.17, 15) is 4.79 Å². The zero-order valence-corrected chi connectivity index (χ0v) is 8.98. The van der Waals surface area contributed by atoms with E-state index in [1.807, 2.05) is 6.07 Å². The molecule has 1 aliphatic rings. The molecule has 0 radical (unpaired) electrons. The van der Waals surface area contributed by atoms with Crippen molar-refractivity contribution in [1.29, 1.82) is 0 Å². The van der Waals surface area contributed by atoms with Gasteiger partial charge in [-0.2, -0.15) is 0 Å². The quantitative estimate of drug-likeness (QED) is 0.734. The number of carbonyl (C=O) groups excluding carboxylic acids is 1. The highest BCUT2D eigenvalue weighted by Crippen LogP contribution is 2.32. The van der Waals surface area contributed by atoms with Crippen molar-refractivity contribution in [3.8, 4) is 0 Å². The molecule has 3 rings (SSSR count). The highest BCUT2D eigenvalue weighted by molar-refractivity contribution is 5.79. The van der Waals surface area contributed by atoms with Crippen LogP contribution in [0.3, 0.4) is 0 Å². The van der Waals surface area contributed by atoms with Gasteiger partial charge in [0, 0.05) is 12.8 Å². The van der Waals surface area contributed by atoms with Crippen LogP contribution in [0.4, 0.5) is 0 Å². The van der Waals surface area contributed by atoms with E-state index in [0.29, 0.717) is 11.7 Å². The number of nitrogens with zero attached hydrogens (tertiary/aromatic N) is 1. The Morgan fingerprint density at radius 2 is 2.06 bits per heavy atom. The van der Waals surface area contributed by atoms with Crippen LogP contribution in [0, 0.1) is 0 Å². The number of benzene rings is 1. The van der Waals surface area contributed by atoms with Crippen LogP contribution in [-0.2, 0) is 4.79 Å². The highest BCUT2D eigenvalue weighted by atomic mass is 16.3. The first-order valence-corrected chi connectivity index (χ1v) is 5.68. The lowest BCUT2D eigenvalue weighted by Crippen LogP contribution is -2.12. The number of oxazole rings is 1. The number of rotatable bonds is 1. The van der Waals surface area contributed by atoms with Crippen molar-refractivity contribution in [2.24, 2.45) is 0 Å². The summed E-state index contributed by atoms with van der Waals surface area (Å²) in [6, 6.07) is 6.15. The Labute approximate surface area is 93.5 Å². The Balaban J connectivity index is 1.90. The smallest absolute Gasteiger partial charge is 0.181 e. The molecule has 2 aromatic rings. The second kappa shape index (κ2) is 3.74. The van der Waals surface area contributed by atoms with Crippen LogP contribution < -0.4 is 0 Å². The fraction of sp³-hybridized carbons (Fsp3) is 0.385. The van der Waals surface area contributed by atoms with Crippen LogP contribution in [0.25, 0.3) is 11.1 Å². The van der Waals surface area contributed by atoms with Crippen molar-refractivity contribution in [1.82, 2.24) is 4.98 Å². The van der Waals surface area contributed by atoms with Crippen LogP contribution in [0.5, 0.6) is 0 Å². The molecule has 0 N–H and O–H groups in total. The SMILES string of the molecule is O=C1CCC(c2ccc3ncoc3c2)CC1. The standard InChI is InChI=1S/C13H13NO2/c15-11-4-1-9(2-5-11)10-3-6-12-13(7-10)16-8-14-12/h3,6-9H,1-2,4-5H2. The summed E-state index contributed by atoms with van der Waals surface area (Å²) in [5, 5.41) is 0. The third-order valence-corrected chi connectivity index (χ3v) is 3.37. The molecule has 1 saturated carbocycles. The van der Waals surface area contributed by atoms with E-state index in [1.165, 1.54) is 12.0 Å². The first-order chi connectivity index (χ1) is 7.83. The minimum atomic E-state index is 0.400. The summed E-state index contributed by atoms with van der Waals surface area (Å²) < 4.78 is 5.29. The fourth-order valence-corrected chi connectivity index (χ4v) is 2.40. The van der Waals surface area contributed by atoms with E-state index >= 15 is 0 Å². The molecule has 0 unspecified atom stereocenters. The van der Waals surface area contributed by atoms with Gasteiger partial charge in [-0.3, -0.25) is 4.79 Å². The topological polar surface area (TPSA) is 43.1 Å². The van der Waals surface area contributed by atoms with Crippen LogP contribution >= 0.6 is 0 Å². The molecule has 1 fully saturated rings. The normalized spacial score (nSPS) is 18.1. The van der Waals surface area contributed by atoms with Gasteiger partial charge in [0.15, 0.2) is 12.0 Å². The predicted molar refractivity (Wildman–Crippen MR) is 60.2 cm³/mol. The van der Waals surface area contributed by atoms with Gasteiger partial charge in [0.1, 0.15) is 11.3 Å². The molecule has 16 heavy (non-hydrogen) atoms. The van der Waals surface area contributed by atoms with Gasteiger partial charge in [-0.15, -0.1) is 0 Å². The molecule has 0 saturated heterocycles. The van der Waals surface area contributed by atoms with Crippen molar-refractivity contribution in [3.05, 3.63) is 30.2 Å². The molecule has 82 valence electrons. The van der Waals surface area contributed by atoms with Crippen LogP contribution in [0.1, 0.15) is 37.2 Å². The zero-order valence-electron chi connectivity index (χ0n) is 8.98. The average Bonchev–Trinajstić information content (AvgIpc) is 2.77. The maximum atomic E-state index is 11.2. The van der Waals surface area contributed by atoms with Crippen LogP contribution in [-0.4, -0.2) is 10.8 Å².